The number of para-hydroxylation sites is 1. The molecule has 0 fully saturated rings. The second kappa shape index (κ2) is 4.53. The van der Waals surface area contributed by atoms with Crippen molar-refractivity contribution in [1.82, 2.24) is 10.3 Å². The highest BCUT2D eigenvalue weighted by Gasteiger charge is 2.18. The Hall–Kier alpha value is -2.10. The smallest absolute Gasteiger partial charge is 0.252 e. The molecular weight excluding hydrogens is 238 g/mol. The fourth-order valence-electron chi connectivity index (χ4n) is 1.99. The summed E-state index contributed by atoms with van der Waals surface area (Å²) in [5.41, 5.74) is 8.32. The molecule has 0 aliphatic heterocycles. The van der Waals surface area contributed by atoms with Crippen LogP contribution < -0.4 is 11.1 Å². The third kappa shape index (κ3) is 2.84. The number of carbonyl (C=O) groups is 1. The molecule has 0 saturated heterocycles. The Morgan fingerprint density at radius 2 is 2.00 bits per heavy atom. The molecular formula is C15H19N3O. The van der Waals surface area contributed by atoms with Crippen molar-refractivity contribution in [3.63, 3.8) is 0 Å². The third-order valence-corrected chi connectivity index (χ3v) is 2.73. The van der Waals surface area contributed by atoms with E-state index in [0.29, 0.717) is 16.8 Å². The van der Waals surface area contributed by atoms with Gasteiger partial charge in [0, 0.05) is 16.6 Å². The highest BCUT2D eigenvalue weighted by Crippen LogP contribution is 2.23. The summed E-state index contributed by atoms with van der Waals surface area (Å²) in [4.78, 5) is 16.8. The number of pyridine rings is 1. The molecule has 0 aliphatic rings. The van der Waals surface area contributed by atoms with Gasteiger partial charge in [0.05, 0.1) is 16.8 Å². The molecule has 4 nitrogen and oxygen atoms in total. The molecule has 3 N–H and O–H groups in total. The van der Waals surface area contributed by atoms with Crippen LogP contribution in [0.1, 0.15) is 36.8 Å². The van der Waals surface area contributed by atoms with Gasteiger partial charge in [-0.1, -0.05) is 12.1 Å². The number of hydrogen-bond donors (Lipinski definition) is 2. The standard InChI is InChI=1S/C15H19N3O/c1-9-8-11(14(19)18-15(2,3)4)10-6-5-7-12(16)13(10)17-9/h5-8H,16H2,1-4H3,(H,18,19). The van der Waals surface area contributed by atoms with Crippen LogP contribution in [0.4, 0.5) is 5.69 Å². The number of amides is 1. The van der Waals surface area contributed by atoms with Crippen LogP contribution in [0, 0.1) is 6.92 Å². The van der Waals surface area contributed by atoms with Gasteiger partial charge in [0.15, 0.2) is 0 Å². The molecule has 0 radical (unpaired) electrons. The number of carbonyl (C=O) groups excluding carboxylic acids is 1. The Balaban J connectivity index is 2.60. The van der Waals surface area contributed by atoms with Gasteiger partial charge < -0.3 is 11.1 Å². The van der Waals surface area contributed by atoms with Gasteiger partial charge in [0.2, 0.25) is 0 Å². The van der Waals surface area contributed by atoms with Crippen molar-refractivity contribution in [2.45, 2.75) is 33.2 Å². The van der Waals surface area contributed by atoms with E-state index >= 15 is 0 Å². The number of rotatable bonds is 1. The van der Waals surface area contributed by atoms with Gasteiger partial charge in [0.1, 0.15) is 0 Å². The zero-order valence-corrected chi connectivity index (χ0v) is 11.7. The fraction of sp³-hybridized carbons (Fsp3) is 0.333. The van der Waals surface area contributed by atoms with Crippen molar-refractivity contribution < 1.29 is 4.79 Å². The van der Waals surface area contributed by atoms with E-state index in [1.165, 1.54) is 0 Å². The zero-order valence-electron chi connectivity index (χ0n) is 11.7. The van der Waals surface area contributed by atoms with Crippen molar-refractivity contribution in [2.75, 3.05) is 5.73 Å². The van der Waals surface area contributed by atoms with Crippen LogP contribution in [0.25, 0.3) is 10.9 Å². The van der Waals surface area contributed by atoms with Crippen LogP contribution in [0.2, 0.25) is 0 Å². The molecule has 0 unspecified atom stereocenters. The number of aryl methyl sites for hydroxylation is 1. The van der Waals surface area contributed by atoms with E-state index in [-0.39, 0.29) is 11.4 Å². The van der Waals surface area contributed by atoms with Crippen molar-refractivity contribution in [1.29, 1.82) is 0 Å². The van der Waals surface area contributed by atoms with E-state index in [9.17, 15) is 4.79 Å². The topological polar surface area (TPSA) is 68.0 Å². The fourth-order valence-corrected chi connectivity index (χ4v) is 1.99. The number of nitrogens with zero attached hydrogens (tertiary/aromatic N) is 1. The lowest BCUT2D eigenvalue weighted by atomic mass is 10.0. The summed E-state index contributed by atoms with van der Waals surface area (Å²) in [6.07, 6.45) is 0. The van der Waals surface area contributed by atoms with Crippen molar-refractivity contribution in [2.24, 2.45) is 0 Å². The molecule has 2 rings (SSSR count). The van der Waals surface area contributed by atoms with Crippen LogP contribution >= 0.6 is 0 Å². The number of anilines is 1. The van der Waals surface area contributed by atoms with E-state index in [0.717, 1.165) is 11.1 Å². The van der Waals surface area contributed by atoms with Crippen molar-refractivity contribution in [3.8, 4) is 0 Å². The van der Waals surface area contributed by atoms with Crippen molar-refractivity contribution >= 4 is 22.5 Å². The molecule has 1 aromatic heterocycles. The molecule has 0 saturated carbocycles. The highest BCUT2D eigenvalue weighted by atomic mass is 16.1. The summed E-state index contributed by atoms with van der Waals surface area (Å²) in [6, 6.07) is 7.29. The molecule has 1 heterocycles. The summed E-state index contributed by atoms with van der Waals surface area (Å²) < 4.78 is 0. The average molecular weight is 257 g/mol. The predicted octanol–water partition coefficient (Wildman–Crippen LogP) is 2.65. The average Bonchev–Trinajstić information content (AvgIpc) is 2.27. The minimum atomic E-state index is -0.277. The quantitative estimate of drug-likeness (QED) is 0.772. The summed E-state index contributed by atoms with van der Waals surface area (Å²) in [6.45, 7) is 7.72. The van der Waals surface area contributed by atoms with Gasteiger partial charge in [-0.15, -0.1) is 0 Å². The second-order valence-electron chi connectivity index (χ2n) is 5.76. The Kier molecular flexibility index (Phi) is 3.18. The minimum absolute atomic E-state index is 0.103. The van der Waals surface area contributed by atoms with E-state index in [4.69, 9.17) is 5.73 Å². The van der Waals surface area contributed by atoms with E-state index in [2.05, 4.69) is 10.3 Å². The molecule has 0 aliphatic carbocycles. The molecule has 19 heavy (non-hydrogen) atoms. The number of aromatic nitrogens is 1. The summed E-state index contributed by atoms with van der Waals surface area (Å²) in [5.74, 6) is -0.103. The predicted molar refractivity (Wildman–Crippen MR) is 78.1 cm³/mol. The highest BCUT2D eigenvalue weighted by molar-refractivity contribution is 6.08. The van der Waals surface area contributed by atoms with Gasteiger partial charge in [-0.25, -0.2) is 0 Å². The number of nitrogen functional groups attached to an aromatic ring is 1. The van der Waals surface area contributed by atoms with E-state index in [1.54, 1.807) is 12.1 Å². The van der Waals surface area contributed by atoms with E-state index in [1.807, 2.05) is 39.8 Å². The zero-order chi connectivity index (χ0) is 14.2. The second-order valence-corrected chi connectivity index (χ2v) is 5.76. The van der Waals surface area contributed by atoms with Gasteiger partial charge >= 0.3 is 0 Å². The molecule has 0 bridgehead atoms. The lowest BCUT2D eigenvalue weighted by molar-refractivity contribution is 0.0921. The van der Waals surface area contributed by atoms with Crippen LogP contribution in [-0.2, 0) is 0 Å². The summed E-state index contributed by atoms with van der Waals surface area (Å²) >= 11 is 0. The third-order valence-electron chi connectivity index (χ3n) is 2.73. The first-order valence-corrected chi connectivity index (χ1v) is 6.26. The van der Waals surface area contributed by atoms with Gasteiger partial charge in [-0.05, 0) is 39.8 Å². The summed E-state index contributed by atoms with van der Waals surface area (Å²) in [5, 5.41) is 3.75. The maximum Gasteiger partial charge on any atom is 0.252 e. The van der Waals surface area contributed by atoms with Gasteiger partial charge in [0.25, 0.3) is 5.91 Å². The molecule has 0 spiro atoms. The van der Waals surface area contributed by atoms with Crippen LogP contribution in [0.5, 0.6) is 0 Å². The number of benzene rings is 1. The van der Waals surface area contributed by atoms with Crippen LogP contribution in [0.3, 0.4) is 0 Å². The lowest BCUT2D eigenvalue weighted by Crippen LogP contribution is -2.40. The van der Waals surface area contributed by atoms with Gasteiger partial charge in [-0.3, -0.25) is 9.78 Å². The molecule has 1 aromatic carbocycles. The normalized spacial score (nSPS) is 11.6. The summed E-state index contributed by atoms with van der Waals surface area (Å²) in [7, 11) is 0. The Labute approximate surface area is 113 Å². The largest absolute Gasteiger partial charge is 0.397 e. The Morgan fingerprint density at radius 3 is 2.63 bits per heavy atom. The van der Waals surface area contributed by atoms with Crippen molar-refractivity contribution in [3.05, 3.63) is 35.5 Å². The number of nitrogens with two attached hydrogens (primary N) is 1. The first kappa shape index (κ1) is 13.3. The maximum absolute atomic E-state index is 12.4. The Morgan fingerprint density at radius 1 is 1.32 bits per heavy atom. The SMILES string of the molecule is Cc1cc(C(=O)NC(C)(C)C)c2cccc(N)c2n1. The van der Waals surface area contributed by atoms with E-state index < -0.39 is 0 Å². The monoisotopic (exact) mass is 257 g/mol. The van der Waals surface area contributed by atoms with Crippen LogP contribution in [-0.4, -0.2) is 16.4 Å². The molecule has 2 aromatic rings. The minimum Gasteiger partial charge on any atom is -0.397 e. The maximum atomic E-state index is 12.4. The first-order chi connectivity index (χ1) is 8.78. The number of nitrogens with one attached hydrogen (secondary N) is 1. The number of hydrogen-bond acceptors (Lipinski definition) is 3. The molecule has 1 amide bonds. The lowest BCUT2D eigenvalue weighted by Gasteiger charge is -2.21. The van der Waals surface area contributed by atoms with Gasteiger partial charge in [-0.2, -0.15) is 0 Å². The molecule has 100 valence electrons. The Bertz CT molecular complexity index is 642. The number of fused-ring (bicyclic) bond motifs is 1. The first-order valence-electron chi connectivity index (χ1n) is 6.26. The molecule has 0 atom stereocenters. The molecule has 4 heteroatoms. The van der Waals surface area contributed by atoms with Crippen LogP contribution in [0.15, 0.2) is 24.3 Å².